The van der Waals surface area contributed by atoms with Crippen LogP contribution in [0.15, 0.2) is 24.3 Å². The molecule has 0 bridgehead atoms. The van der Waals surface area contributed by atoms with Gasteiger partial charge in [-0.1, -0.05) is 12.1 Å². The second-order valence-corrected chi connectivity index (χ2v) is 4.05. The summed E-state index contributed by atoms with van der Waals surface area (Å²) in [7, 11) is 1.58. The van der Waals surface area contributed by atoms with Crippen LogP contribution in [-0.4, -0.2) is 24.3 Å². The Balaban J connectivity index is 2.38. The second kappa shape index (κ2) is 4.68. The van der Waals surface area contributed by atoms with Crippen molar-refractivity contribution in [2.75, 3.05) is 12.0 Å². The second-order valence-electron chi connectivity index (χ2n) is 3.67. The summed E-state index contributed by atoms with van der Waals surface area (Å²) in [4.78, 5) is 13.0. The monoisotopic (exact) mass is 251 g/mol. The van der Waals surface area contributed by atoms with Crippen molar-refractivity contribution in [2.24, 2.45) is 5.73 Å². The molecule has 1 fully saturated rings. The molecule has 0 spiro atoms. The Morgan fingerprint density at radius 3 is 2.88 bits per heavy atom. The van der Waals surface area contributed by atoms with E-state index in [0.29, 0.717) is 10.9 Å². The van der Waals surface area contributed by atoms with Gasteiger partial charge in [-0.05, 0) is 24.4 Å². The molecule has 5 nitrogen and oxygen atoms in total. The summed E-state index contributed by atoms with van der Waals surface area (Å²) in [6.45, 7) is 0. The van der Waals surface area contributed by atoms with Crippen LogP contribution in [0.4, 0.5) is 5.69 Å². The van der Waals surface area contributed by atoms with E-state index in [9.17, 15) is 4.79 Å². The fourth-order valence-corrected chi connectivity index (χ4v) is 2.13. The van der Waals surface area contributed by atoms with Crippen LogP contribution in [0.25, 0.3) is 0 Å². The van der Waals surface area contributed by atoms with Gasteiger partial charge in [0.1, 0.15) is 5.75 Å². The third-order valence-electron chi connectivity index (χ3n) is 2.54. The van der Waals surface area contributed by atoms with Gasteiger partial charge in [-0.25, -0.2) is 0 Å². The molecular weight excluding hydrogens is 238 g/mol. The molecule has 1 aromatic carbocycles. The molecule has 0 radical (unpaired) electrons. The zero-order chi connectivity index (χ0) is 12.4. The Labute approximate surface area is 105 Å². The van der Waals surface area contributed by atoms with Gasteiger partial charge in [-0.3, -0.25) is 9.69 Å². The number of rotatable bonds is 2. The van der Waals surface area contributed by atoms with Gasteiger partial charge < -0.3 is 15.8 Å². The number of nitrogens with one attached hydrogen (secondary N) is 1. The number of nitrogens with zero attached hydrogens (tertiary/aromatic N) is 1. The van der Waals surface area contributed by atoms with Gasteiger partial charge >= 0.3 is 0 Å². The van der Waals surface area contributed by atoms with Crippen LogP contribution in [-0.2, 0) is 4.79 Å². The molecule has 0 aromatic heterocycles. The molecule has 1 aliphatic rings. The van der Waals surface area contributed by atoms with Crippen molar-refractivity contribution in [3.63, 3.8) is 0 Å². The molecule has 17 heavy (non-hydrogen) atoms. The minimum atomic E-state index is -0.465. The molecular formula is C11H13N3O2S. The molecule has 6 heteroatoms. The zero-order valence-electron chi connectivity index (χ0n) is 9.34. The number of thiocarbonyl (C=S) groups is 1. The first-order valence-corrected chi connectivity index (χ1v) is 5.56. The summed E-state index contributed by atoms with van der Waals surface area (Å²) in [5.41, 5.74) is 6.69. The van der Waals surface area contributed by atoms with E-state index in [0.717, 1.165) is 5.69 Å². The van der Waals surface area contributed by atoms with Crippen LogP contribution in [0.5, 0.6) is 5.75 Å². The molecule has 0 saturated carbocycles. The number of benzene rings is 1. The Morgan fingerprint density at radius 2 is 2.24 bits per heavy atom. The average Bonchev–Trinajstić information content (AvgIpc) is 2.28. The van der Waals surface area contributed by atoms with Gasteiger partial charge in [0.25, 0.3) is 0 Å². The lowest BCUT2D eigenvalue weighted by Crippen LogP contribution is -2.58. The Kier molecular flexibility index (Phi) is 3.26. The molecule has 1 atom stereocenters. The average molecular weight is 251 g/mol. The Bertz CT molecular complexity index is 464. The topological polar surface area (TPSA) is 67.6 Å². The lowest BCUT2D eigenvalue weighted by molar-refractivity contribution is -0.120. The highest BCUT2D eigenvalue weighted by molar-refractivity contribution is 7.80. The summed E-state index contributed by atoms with van der Waals surface area (Å²) in [5, 5.41) is 2.90. The molecule has 1 aromatic rings. The summed E-state index contributed by atoms with van der Waals surface area (Å²) in [6.07, 6.45) is -0.259. The van der Waals surface area contributed by atoms with Crippen LogP contribution < -0.4 is 20.7 Å². The molecule has 1 heterocycles. The summed E-state index contributed by atoms with van der Waals surface area (Å²) in [6, 6.07) is 7.40. The normalized spacial score (nSPS) is 20.1. The van der Waals surface area contributed by atoms with Crippen LogP contribution in [0.3, 0.4) is 0 Å². The van der Waals surface area contributed by atoms with E-state index in [1.54, 1.807) is 12.0 Å². The van der Waals surface area contributed by atoms with Crippen molar-refractivity contribution in [2.45, 2.75) is 12.6 Å². The lowest BCUT2D eigenvalue weighted by Gasteiger charge is -2.35. The van der Waals surface area contributed by atoms with E-state index < -0.39 is 6.17 Å². The van der Waals surface area contributed by atoms with Crippen molar-refractivity contribution in [3.8, 4) is 5.75 Å². The molecule has 1 saturated heterocycles. The standard InChI is InChI=1S/C11H13N3O2S/c1-16-8-5-3-2-4-7(8)14-9(12)6-10(15)13-11(14)17/h2-5,9H,6,12H2,1H3,(H,13,15,17). The summed E-state index contributed by atoms with van der Waals surface area (Å²) in [5.74, 6) is 0.509. The number of methoxy groups -OCH3 is 1. The smallest absolute Gasteiger partial charge is 0.229 e. The number of hydrogen-bond acceptors (Lipinski definition) is 4. The Morgan fingerprint density at radius 1 is 1.53 bits per heavy atom. The number of anilines is 1. The number of carbonyl (C=O) groups is 1. The quantitative estimate of drug-likeness (QED) is 0.753. The number of amides is 1. The number of carbonyl (C=O) groups excluding carboxylic acids is 1. The van der Waals surface area contributed by atoms with Crippen LogP contribution in [0.1, 0.15) is 6.42 Å². The van der Waals surface area contributed by atoms with Crippen molar-refractivity contribution in [1.82, 2.24) is 5.32 Å². The van der Waals surface area contributed by atoms with Gasteiger partial charge in [0.2, 0.25) is 5.91 Å². The van der Waals surface area contributed by atoms with Crippen molar-refractivity contribution >= 4 is 28.9 Å². The minimum Gasteiger partial charge on any atom is -0.495 e. The van der Waals surface area contributed by atoms with Crippen molar-refractivity contribution in [1.29, 1.82) is 0 Å². The minimum absolute atomic E-state index is 0.159. The first-order chi connectivity index (χ1) is 8.13. The van der Waals surface area contributed by atoms with Gasteiger partial charge in [-0.2, -0.15) is 0 Å². The fraction of sp³-hybridized carbons (Fsp3) is 0.273. The van der Waals surface area contributed by atoms with Crippen molar-refractivity contribution < 1.29 is 9.53 Å². The predicted molar refractivity (Wildman–Crippen MR) is 68.8 cm³/mol. The van der Waals surface area contributed by atoms with E-state index in [-0.39, 0.29) is 12.3 Å². The SMILES string of the molecule is COc1ccccc1N1C(=S)NC(=O)CC1N. The highest BCUT2D eigenvalue weighted by atomic mass is 32.1. The van der Waals surface area contributed by atoms with Crippen molar-refractivity contribution in [3.05, 3.63) is 24.3 Å². The number of nitrogens with two attached hydrogens (primary N) is 1. The highest BCUT2D eigenvalue weighted by Crippen LogP contribution is 2.30. The Hall–Kier alpha value is -1.66. The van der Waals surface area contributed by atoms with Gasteiger partial charge in [-0.15, -0.1) is 0 Å². The van der Waals surface area contributed by atoms with E-state index in [4.69, 9.17) is 22.7 Å². The maximum Gasteiger partial charge on any atom is 0.229 e. The molecule has 1 unspecified atom stereocenters. The lowest BCUT2D eigenvalue weighted by atomic mass is 10.2. The molecule has 0 aliphatic carbocycles. The zero-order valence-corrected chi connectivity index (χ0v) is 10.2. The van der Waals surface area contributed by atoms with Crippen LogP contribution >= 0.6 is 12.2 Å². The number of ether oxygens (including phenoxy) is 1. The first-order valence-electron chi connectivity index (χ1n) is 5.15. The molecule has 1 aliphatic heterocycles. The highest BCUT2D eigenvalue weighted by Gasteiger charge is 2.29. The van der Waals surface area contributed by atoms with E-state index in [1.165, 1.54) is 0 Å². The number of para-hydroxylation sites is 2. The molecule has 90 valence electrons. The van der Waals surface area contributed by atoms with E-state index in [1.807, 2.05) is 24.3 Å². The van der Waals surface area contributed by atoms with Crippen LogP contribution in [0, 0.1) is 0 Å². The first kappa shape index (κ1) is 11.8. The van der Waals surface area contributed by atoms with Gasteiger partial charge in [0, 0.05) is 0 Å². The van der Waals surface area contributed by atoms with Gasteiger partial charge in [0.15, 0.2) is 5.11 Å². The third-order valence-corrected chi connectivity index (χ3v) is 2.83. The van der Waals surface area contributed by atoms with Crippen LogP contribution in [0.2, 0.25) is 0 Å². The summed E-state index contributed by atoms with van der Waals surface area (Å²) >= 11 is 5.13. The van der Waals surface area contributed by atoms with E-state index in [2.05, 4.69) is 5.32 Å². The van der Waals surface area contributed by atoms with E-state index >= 15 is 0 Å². The molecule has 2 rings (SSSR count). The summed E-state index contributed by atoms with van der Waals surface area (Å²) < 4.78 is 5.25. The third kappa shape index (κ3) is 2.22. The number of hydrogen-bond donors (Lipinski definition) is 2. The largest absolute Gasteiger partial charge is 0.495 e. The fourth-order valence-electron chi connectivity index (χ4n) is 1.78. The predicted octanol–water partition coefficient (Wildman–Crippen LogP) is 0.591. The maximum absolute atomic E-state index is 11.3. The molecule has 3 N–H and O–H groups in total. The molecule has 1 amide bonds. The van der Waals surface area contributed by atoms with Gasteiger partial charge in [0.05, 0.1) is 25.4 Å². The maximum atomic E-state index is 11.3.